The summed E-state index contributed by atoms with van der Waals surface area (Å²) in [6, 6.07) is 8.94. The minimum Gasteiger partial charge on any atom is -0.493 e. The third-order valence-corrected chi connectivity index (χ3v) is 2.75. The second-order valence-electron chi connectivity index (χ2n) is 4.49. The normalized spacial score (nSPS) is 10.5. The van der Waals surface area contributed by atoms with E-state index in [1.807, 2.05) is 0 Å². The Kier molecular flexibility index (Phi) is 5.97. The zero-order valence-corrected chi connectivity index (χ0v) is 12.2. The molecule has 1 heterocycles. The lowest BCUT2D eigenvalue weighted by Crippen LogP contribution is -2.08. The molecule has 0 unspecified atom stereocenters. The Balaban J connectivity index is 1.65. The maximum Gasteiger partial charge on any atom is 0.374 e. The lowest BCUT2D eigenvalue weighted by molar-refractivity contribution is 0.0443. The Labute approximate surface area is 127 Å². The first kappa shape index (κ1) is 16.0. The van der Waals surface area contributed by atoms with Crippen molar-refractivity contribution in [2.45, 2.75) is 13.0 Å². The van der Waals surface area contributed by atoms with E-state index in [1.165, 1.54) is 12.1 Å². The number of furan rings is 1. The van der Waals surface area contributed by atoms with Crippen LogP contribution in [-0.2, 0) is 16.1 Å². The van der Waals surface area contributed by atoms with Crippen LogP contribution in [0.4, 0.5) is 4.39 Å². The molecule has 0 atom stereocenters. The van der Waals surface area contributed by atoms with Gasteiger partial charge in [-0.3, -0.25) is 0 Å². The Bertz CT molecular complexity index is 591. The van der Waals surface area contributed by atoms with Crippen LogP contribution in [0.2, 0.25) is 0 Å². The maximum absolute atomic E-state index is 12.7. The molecule has 6 heteroatoms. The summed E-state index contributed by atoms with van der Waals surface area (Å²) in [6.07, 6.45) is 0.523. The van der Waals surface area contributed by atoms with Gasteiger partial charge < -0.3 is 18.6 Å². The van der Waals surface area contributed by atoms with Crippen molar-refractivity contribution in [2.24, 2.45) is 0 Å². The van der Waals surface area contributed by atoms with Crippen LogP contribution in [0.3, 0.4) is 0 Å². The van der Waals surface area contributed by atoms with E-state index in [0.29, 0.717) is 31.1 Å². The molecular weight excluding hydrogens is 291 g/mol. The lowest BCUT2D eigenvalue weighted by atomic mass is 10.3. The van der Waals surface area contributed by atoms with Gasteiger partial charge in [0.2, 0.25) is 5.76 Å². The minimum atomic E-state index is -0.524. The highest BCUT2D eigenvalue weighted by molar-refractivity contribution is 5.86. The molecule has 0 aliphatic carbocycles. The molecule has 0 aliphatic rings. The van der Waals surface area contributed by atoms with Crippen molar-refractivity contribution in [1.29, 1.82) is 0 Å². The number of benzene rings is 1. The molecule has 0 N–H and O–H groups in total. The van der Waals surface area contributed by atoms with Gasteiger partial charge in [0.1, 0.15) is 23.9 Å². The Morgan fingerprint density at radius 3 is 2.64 bits per heavy atom. The maximum atomic E-state index is 12.7. The fourth-order valence-corrected chi connectivity index (χ4v) is 1.72. The van der Waals surface area contributed by atoms with Crippen LogP contribution in [0.5, 0.6) is 5.75 Å². The molecule has 0 amide bonds. The standard InChI is InChI=1S/C16H17FO5/c1-19-11-14-7-8-15(22-14)16(18)21-10-2-9-20-13-5-3-12(17)4-6-13/h3-8H,2,9-11H2,1H3. The molecule has 0 saturated carbocycles. The lowest BCUT2D eigenvalue weighted by Gasteiger charge is -2.06. The molecule has 0 fully saturated rings. The summed E-state index contributed by atoms with van der Waals surface area (Å²) < 4.78 is 33.3. The van der Waals surface area contributed by atoms with Crippen molar-refractivity contribution < 1.29 is 27.8 Å². The van der Waals surface area contributed by atoms with E-state index in [9.17, 15) is 9.18 Å². The monoisotopic (exact) mass is 308 g/mol. The van der Waals surface area contributed by atoms with Crippen LogP contribution in [0.15, 0.2) is 40.8 Å². The van der Waals surface area contributed by atoms with Crippen LogP contribution in [0.1, 0.15) is 22.7 Å². The highest BCUT2D eigenvalue weighted by Gasteiger charge is 2.12. The van der Waals surface area contributed by atoms with Crippen molar-refractivity contribution >= 4 is 5.97 Å². The topological polar surface area (TPSA) is 57.9 Å². The van der Waals surface area contributed by atoms with Gasteiger partial charge in [0, 0.05) is 13.5 Å². The summed E-state index contributed by atoms with van der Waals surface area (Å²) in [5, 5.41) is 0. The second kappa shape index (κ2) is 8.19. The molecule has 2 rings (SSSR count). The van der Waals surface area contributed by atoms with Crippen molar-refractivity contribution in [3.8, 4) is 5.75 Å². The minimum absolute atomic E-state index is 0.145. The molecule has 22 heavy (non-hydrogen) atoms. The largest absolute Gasteiger partial charge is 0.493 e. The summed E-state index contributed by atoms with van der Waals surface area (Å²) >= 11 is 0. The average molecular weight is 308 g/mol. The number of rotatable bonds is 8. The number of carbonyl (C=O) groups is 1. The Hall–Kier alpha value is -2.34. The predicted molar refractivity (Wildman–Crippen MR) is 76.2 cm³/mol. The molecule has 2 aromatic rings. The molecule has 0 radical (unpaired) electrons. The number of methoxy groups -OCH3 is 1. The number of hydrogen-bond acceptors (Lipinski definition) is 5. The van der Waals surface area contributed by atoms with Gasteiger partial charge in [0.25, 0.3) is 0 Å². The van der Waals surface area contributed by atoms with Gasteiger partial charge in [-0.2, -0.15) is 0 Å². The summed E-state index contributed by atoms with van der Waals surface area (Å²) in [5.41, 5.74) is 0. The van der Waals surface area contributed by atoms with E-state index in [1.54, 1.807) is 31.4 Å². The molecule has 5 nitrogen and oxygen atoms in total. The van der Waals surface area contributed by atoms with Gasteiger partial charge in [-0.15, -0.1) is 0 Å². The zero-order valence-electron chi connectivity index (χ0n) is 12.2. The van der Waals surface area contributed by atoms with Crippen LogP contribution in [0, 0.1) is 5.82 Å². The van der Waals surface area contributed by atoms with Gasteiger partial charge in [0.05, 0.1) is 13.2 Å². The third-order valence-electron chi connectivity index (χ3n) is 2.75. The molecule has 0 aliphatic heterocycles. The van der Waals surface area contributed by atoms with Crippen molar-refractivity contribution in [3.05, 3.63) is 53.7 Å². The SMILES string of the molecule is COCc1ccc(C(=O)OCCCOc2ccc(F)cc2)o1. The molecule has 0 spiro atoms. The molecular formula is C16H17FO5. The van der Waals surface area contributed by atoms with E-state index in [4.69, 9.17) is 18.6 Å². The fourth-order valence-electron chi connectivity index (χ4n) is 1.72. The van der Waals surface area contributed by atoms with E-state index in [2.05, 4.69) is 0 Å². The first-order valence-corrected chi connectivity index (χ1v) is 6.82. The van der Waals surface area contributed by atoms with E-state index < -0.39 is 5.97 Å². The van der Waals surface area contributed by atoms with Gasteiger partial charge in [-0.05, 0) is 36.4 Å². The molecule has 118 valence electrons. The Morgan fingerprint density at radius 1 is 1.14 bits per heavy atom. The molecule has 1 aromatic heterocycles. The van der Waals surface area contributed by atoms with E-state index in [-0.39, 0.29) is 18.2 Å². The fraction of sp³-hybridized carbons (Fsp3) is 0.312. The van der Waals surface area contributed by atoms with Crippen LogP contribution in [-0.4, -0.2) is 26.3 Å². The van der Waals surface area contributed by atoms with E-state index >= 15 is 0 Å². The Morgan fingerprint density at radius 2 is 1.91 bits per heavy atom. The third kappa shape index (κ3) is 4.89. The smallest absolute Gasteiger partial charge is 0.374 e. The number of carbonyl (C=O) groups excluding carboxylic acids is 1. The second-order valence-corrected chi connectivity index (χ2v) is 4.49. The first-order valence-electron chi connectivity index (χ1n) is 6.82. The summed E-state index contributed by atoms with van der Waals surface area (Å²) in [5.74, 6) is 0.445. The number of halogens is 1. The number of esters is 1. The van der Waals surface area contributed by atoms with Gasteiger partial charge in [-0.1, -0.05) is 0 Å². The summed E-state index contributed by atoms with van der Waals surface area (Å²) in [4.78, 5) is 11.7. The highest BCUT2D eigenvalue weighted by atomic mass is 19.1. The van der Waals surface area contributed by atoms with Gasteiger partial charge in [-0.25, -0.2) is 9.18 Å². The number of hydrogen-bond donors (Lipinski definition) is 0. The van der Waals surface area contributed by atoms with Crippen molar-refractivity contribution in [2.75, 3.05) is 20.3 Å². The van der Waals surface area contributed by atoms with Crippen molar-refractivity contribution in [3.63, 3.8) is 0 Å². The molecule has 0 bridgehead atoms. The van der Waals surface area contributed by atoms with E-state index in [0.717, 1.165) is 0 Å². The van der Waals surface area contributed by atoms with Crippen LogP contribution >= 0.6 is 0 Å². The predicted octanol–water partition coefficient (Wildman–Crippen LogP) is 3.19. The van der Waals surface area contributed by atoms with Crippen LogP contribution < -0.4 is 4.74 Å². The molecule has 1 aromatic carbocycles. The van der Waals surface area contributed by atoms with Gasteiger partial charge in [0.15, 0.2) is 0 Å². The highest BCUT2D eigenvalue weighted by Crippen LogP contribution is 2.12. The summed E-state index contributed by atoms with van der Waals surface area (Å²) in [6.45, 7) is 0.880. The first-order chi connectivity index (χ1) is 10.7. The van der Waals surface area contributed by atoms with Gasteiger partial charge >= 0.3 is 5.97 Å². The summed E-state index contributed by atoms with van der Waals surface area (Å²) in [7, 11) is 1.54. The quantitative estimate of drug-likeness (QED) is 0.553. The van der Waals surface area contributed by atoms with Crippen LogP contribution in [0.25, 0.3) is 0 Å². The zero-order chi connectivity index (χ0) is 15.8. The number of ether oxygens (including phenoxy) is 3. The average Bonchev–Trinajstić information content (AvgIpc) is 2.98. The molecule has 0 saturated heterocycles. The van der Waals surface area contributed by atoms with Crippen molar-refractivity contribution in [1.82, 2.24) is 0 Å².